The van der Waals surface area contributed by atoms with Crippen LogP contribution >= 0.6 is 0 Å². The van der Waals surface area contributed by atoms with Crippen molar-refractivity contribution in [2.45, 2.75) is 52.1 Å². The zero-order valence-corrected chi connectivity index (χ0v) is 11.4. The van der Waals surface area contributed by atoms with Gasteiger partial charge in [0.15, 0.2) is 0 Å². The van der Waals surface area contributed by atoms with Crippen molar-refractivity contribution in [3.05, 3.63) is 24.2 Å². The smallest absolute Gasteiger partial charge is 0.122 e. The van der Waals surface area contributed by atoms with Gasteiger partial charge in [0.05, 0.1) is 12.3 Å². The molecule has 0 amide bonds. The molecule has 1 rings (SSSR count). The van der Waals surface area contributed by atoms with Crippen LogP contribution in [-0.4, -0.2) is 24.0 Å². The largest absolute Gasteiger partial charge is 0.468 e. The van der Waals surface area contributed by atoms with Crippen LogP contribution in [0, 0.1) is 0 Å². The normalized spacial score (nSPS) is 13.5. The van der Waals surface area contributed by atoms with E-state index in [2.05, 4.69) is 25.7 Å². The molecule has 0 spiro atoms. The van der Waals surface area contributed by atoms with Crippen LogP contribution < -0.4 is 5.73 Å². The van der Waals surface area contributed by atoms with Crippen molar-refractivity contribution in [2.24, 2.45) is 5.73 Å². The predicted octanol–water partition coefficient (Wildman–Crippen LogP) is 3.18. The lowest BCUT2D eigenvalue weighted by Gasteiger charge is -2.33. The maximum absolute atomic E-state index is 5.91. The van der Waals surface area contributed by atoms with E-state index in [4.69, 9.17) is 10.2 Å². The second-order valence-corrected chi connectivity index (χ2v) is 4.81. The highest BCUT2D eigenvalue weighted by atomic mass is 16.3. The zero-order valence-electron chi connectivity index (χ0n) is 11.4. The molecule has 1 aromatic heterocycles. The van der Waals surface area contributed by atoms with E-state index < -0.39 is 0 Å². The highest BCUT2D eigenvalue weighted by Crippen LogP contribution is 2.23. The summed E-state index contributed by atoms with van der Waals surface area (Å²) in [4.78, 5) is 2.44. The lowest BCUT2D eigenvalue weighted by atomic mass is 10.1. The summed E-state index contributed by atoms with van der Waals surface area (Å²) in [5.74, 6) is 0.984. The van der Waals surface area contributed by atoms with E-state index in [1.165, 1.54) is 19.3 Å². The Hall–Kier alpha value is -0.800. The maximum Gasteiger partial charge on any atom is 0.122 e. The Morgan fingerprint density at radius 1 is 1.35 bits per heavy atom. The minimum absolute atomic E-state index is 0.210. The SMILES string of the molecule is CCCCCN(C(C)C)C(CN)c1ccco1. The molecule has 1 atom stereocenters. The number of nitrogens with two attached hydrogens (primary N) is 1. The van der Waals surface area contributed by atoms with E-state index in [1.54, 1.807) is 6.26 Å². The third-order valence-electron chi connectivity index (χ3n) is 3.18. The van der Waals surface area contributed by atoms with Gasteiger partial charge in [-0.1, -0.05) is 19.8 Å². The Labute approximate surface area is 105 Å². The molecule has 1 heterocycles. The van der Waals surface area contributed by atoms with Gasteiger partial charge in [0.25, 0.3) is 0 Å². The summed E-state index contributed by atoms with van der Waals surface area (Å²) >= 11 is 0. The van der Waals surface area contributed by atoms with Crippen LogP contribution in [0.15, 0.2) is 22.8 Å². The first-order valence-corrected chi connectivity index (χ1v) is 6.69. The fourth-order valence-corrected chi connectivity index (χ4v) is 2.21. The Balaban J connectivity index is 2.66. The predicted molar refractivity (Wildman–Crippen MR) is 71.9 cm³/mol. The van der Waals surface area contributed by atoms with Crippen LogP contribution in [0.4, 0.5) is 0 Å². The van der Waals surface area contributed by atoms with Crippen LogP contribution in [0.2, 0.25) is 0 Å². The van der Waals surface area contributed by atoms with Gasteiger partial charge in [-0.05, 0) is 38.9 Å². The second kappa shape index (κ2) is 7.51. The molecule has 0 aliphatic heterocycles. The lowest BCUT2D eigenvalue weighted by Crippen LogP contribution is -2.39. The van der Waals surface area contributed by atoms with Gasteiger partial charge in [-0.2, -0.15) is 0 Å². The maximum atomic E-state index is 5.91. The van der Waals surface area contributed by atoms with Gasteiger partial charge in [0.1, 0.15) is 5.76 Å². The topological polar surface area (TPSA) is 42.4 Å². The van der Waals surface area contributed by atoms with E-state index in [-0.39, 0.29) is 6.04 Å². The minimum atomic E-state index is 0.210. The molecule has 0 bridgehead atoms. The molecule has 0 saturated heterocycles. The molecule has 0 aromatic carbocycles. The number of rotatable bonds is 8. The molecule has 1 aromatic rings. The van der Waals surface area contributed by atoms with Crippen molar-refractivity contribution in [2.75, 3.05) is 13.1 Å². The summed E-state index contributed by atoms with van der Waals surface area (Å²) in [5, 5.41) is 0. The molecule has 0 fully saturated rings. The summed E-state index contributed by atoms with van der Waals surface area (Å²) < 4.78 is 5.50. The number of furan rings is 1. The molecule has 0 aliphatic carbocycles. The zero-order chi connectivity index (χ0) is 12.7. The first-order valence-electron chi connectivity index (χ1n) is 6.69. The average Bonchev–Trinajstić information content (AvgIpc) is 2.81. The molecular weight excluding hydrogens is 212 g/mol. The van der Waals surface area contributed by atoms with Crippen molar-refractivity contribution in [1.29, 1.82) is 0 Å². The monoisotopic (exact) mass is 238 g/mol. The molecule has 1 unspecified atom stereocenters. The van der Waals surface area contributed by atoms with Crippen LogP contribution in [0.1, 0.15) is 51.8 Å². The van der Waals surface area contributed by atoms with Gasteiger partial charge in [-0.3, -0.25) is 4.90 Å². The van der Waals surface area contributed by atoms with Crippen LogP contribution in [0.3, 0.4) is 0 Å². The van der Waals surface area contributed by atoms with Crippen LogP contribution in [0.25, 0.3) is 0 Å². The summed E-state index contributed by atoms with van der Waals surface area (Å²) in [7, 11) is 0. The van der Waals surface area contributed by atoms with E-state index in [9.17, 15) is 0 Å². The number of hydrogen-bond acceptors (Lipinski definition) is 3. The van der Waals surface area contributed by atoms with Crippen molar-refractivity contribution in [3.8, 4) is 0 Å². The van der Waals surface area contributed by atoms with Crippen LogP contribution in [-0.2, 0) is 0 Å². The number of unbranched alkanes of at least 4 members (excludes halogenated alkanes) is 2. The summed E-state index contributed by atoms with van der Waals surface area (Å²) in [6.07, 6.45) is 5.48. The minimum Gasteiger partial charge on any atom is -0.468 e. The van der Waals surface area contributed by atoms with Crippen molar-refractivity contribution in [1.82, 2.24) is 4.90 Å². The summed E-state index contributed by atoms with van der Waals surface area (Å²) in [5.41, 5.74) is 5.91. The number of nitrogens with zero attached hydrogens (tertiary/aromatic N) is 1. The second-order valence-electron chi connectivity index (χ2n) is 4.81. The third-order valence-corrected chi connectivity index (χ3v) is 3.18. The Morgan fingerprint density at radius 3 is 2.59 bits per heavy atom. The fourth-order valence-electron chi connectivity index (χ4n) is 2.21. The molecule has 0 saturated carbocycles. The highest BCUT2D eigenvalue weighted by Gasteiger charge is 2.23. The molecule has 2 N–H and O–H groups in total. The molecule has 0 aliphatic rings. The molecule has 0 radical (unpaired) electrons. The first-order chi connectivity index (χ1) is 8.20. The quantitative estimate of drug-likeness (QED) is 0.707. The van der Waals surface area contributed by atoms with Crippen molar-refractivity contribution < 1.29 is 4.42 Å². The molecule has 98 valence electrons. The Morgan fingerprint density at radius 2 is 2.12 bits per heavy atom. The summed E-state index contributed by atoms with van der Waals surface area (Å²) in [6, 6.07) is 4.65. The third kappa shape index (κ3) is 4.17. The van der Waals surface area contributed by atoms with Crippen LogP contribution in [0.5, 0.6) is 0 Å². The van der Waals surface area contributed by atoms with Gasteiger partial charge >= 0.3 is 0 Å². The van der Waals surface area contributed by atoms with E-state index in [0.29, 0.717) is 12.6 Å². The summed E-state index contributed by atoms with van der Waals surface area (Å²) in [6.45, 7) is 8.37. The van der Waals surface area contributed by atoms with Crippen molar-refractivity contribution >= 4 is 0 Å². The van der Waals surface area contributed by atoms with Crippen molar-refractivity contribution in [3.63, 3.8) is 0 Å². The molecule has 3 heteroatoms. The van der Waals surface area contributed by atoms with Gasteiger partial charge in [0, 0.05) is 12.6 Å². The van der Waals surface area contributed by atoms with Gasteiger partial charge in [-0.15, -0.1) is 0 Å². The van der Waals surface area contributed by atoms with E-state index >= 15 is 0 Å². The van der Waals surface area contributed by atoms with Gasteiger partial charge in [0.2, 0.25) is 0 Å². The highest BCUT2D eigenvalue weighted by molar-refractivity contribution is 5.05. The molecule has 17 heavy (non-hydrogen) atoms. The van der Waals surface area contributed by atoms with Gasteiger partial charge in [-0.25, -0.2) is 0 Å². The lowest BCUT2D eigenvalue weighted by molar-refractivity contribution is 0.136. The fraction of sp³-hybridized carbons (Fsp3) is 0.714. The Kier molecular flexibility index (Phi) is 6.30. The van der Waals surface area contributed by atoms with E-state index in [1.807, 2.05) is 12.1 Å². The van der Waals surface area contributed by atoms with Gasteiger partial charge < -0.3 is 10.2 Å². The van der Waals surface area contributed by atoms with E-state index in [0.717, 1.165) is 12.3 Å². The molecule has 3 nitrogen and oxygen atoms in total. The molecular formula is C14H26N2O. The average molecular weight is 238 g/mol. The standard InChI is InChI=1S/C14H26N2O/c1-4-5-6-9-16(12(2)3)13(11-15)14-8-7-10-17-14/h7-8,10,12-13H,4-6,9,11,15H2,1-3H3. The first kappa shape index (κ1) is 14.3. The Bertz CT molecular complexity index is 282. The number of hydrogen-bond donors (Lipinski definition) is 1.